The Labute approximate surface area is 169 Å². The third-order valence-corrected chi connectivity index (χ3v) is 7.02. The van der Waals surface area contributed by atoms with Crippen LogP contribution in [0.4, 0.5) is 10.1 Å². The van der Waals surface area contributed by atoms with Crippen LogP contribution >= 0.6 is 0 Å². The van der Waals surface area contributed by atoms with Crippen LogP contribution in [0.15, 0.2) is 47.4 Å². The summed E-state index contributed by atoms with van der Waals surface area (Å²) in [5.74, 6) is -1.32. The first kappa shape index (κ1) is 21.1. The second-order valence-electron chi connectivity index (χ2n) is 7.23. The number of carbonyl (C=O) groups excluding carboxylic acids is 2. The Morgan fingerprint density at radius 3 is 2.24 bits per heavy atom. The van der Waals surface area contributed by atoms with Crippen LogP contribution in [-0.4, -0.2) is 37.5 Å². The summed E-state index contributed by atoms with van der Waals surface area (Å²) in [5.41, 5.74) is 1.33. The van der Waals surface area contributed by atoms with Gasteiger partial charge in [-0.25, -0.2) is 12.8 Å². The number of sulfonamides is 1. The van der Waals surface area contributed by atoms with Crippen molar-refractivity contribution < 1.29 is 22.4 Å². The van der Waals surface area contributed by atoms with E-state index in [1.54, 1.807) is 13.0 Å². The minimum absolute atomic E-state index is 0.118. The van der Waals surface area contributed by atoms with Crippen LogP contribution in [0, 0.1) is 18.7 Å². The van der Waals surface area contributed by atoms with Gasteiger partial charge >= 0.3 is 0 Å². The molecule has 1 amide bonds. The van der Waals surface area contributed by atoms with Crippen molar-refractivity contribution in [2.75, 3.05) is 18.4 Å². The van der Waals surface area contributed by atoms with Gasteiger partial charge in [0.05, 0.1) is 10.6 Å². The average Bonchev–Trinajstić information content (AvgIpc) is 2.70. The van der Waals surface area contributed by atoms with Gasteiger partial charge in [0.2, 0.25) is 15.9 Å². The van der Waals surface area contributed by atoms with Crippen LogP contribution in [-0.2, 0) is 14.8 Å². The Bertz CT molecular complexity index is 1030. The Morgan fingerprint density at radius 1 is 1.07 bits per heavy atom. The maximum absolute atomic E-state index is 13.9. The summed E-state index contributed by atoms with van der Waals surface area (Å²) in [7, 11) is -3.69. The van der Waals surface area contributed by atoms with Crippen LogP contribution in [0.25, 0.3) is 0 Å². The third kappa shape index (κ3) is 4.71. The van der Waals surface area contributed by atoms with E-state index in [-0.39, 0.29) is 41.3 Å². The number of benzene rings is 2. The number of rotatable bonds is 5. The van der Waals surface area contributed by atoms with Gasteiger partial charge in [-0.1, -0.05) is 18.2 Å². The lowest BCUT2D eigenvalue weighted by Gasteiger charge is -2.30. The molecule has 29 heavy (non-hydrogen) atoms. The number of amides is 1. The molecule has 0 spiro atoms. The third-order valence-electron chi connectivity index (χ3n) is 5.11. The number of nitrogens with zero attached hydrogens (tertiary/aromatic N) is 1. The van der Waals surface area contributed by atoms with Crippen molar-refractivity contribution in [3.8, 4) is 0 Å². The zero-order valence-electron chi connectivity index (χ0n) is 16.3. The topological polar surface area (TPSA) is 83.6 Å². The smallest absolute Gasteiger partial charge is 0.243 e. The van der Waals surface area contributed by atoms with E-state index in [9.17, 15) is 22.4 Å². The summed E-state index contributed by atoms with van der Waals surface area (Å²) in [6.07, 6.45) is 0.703. The molecule has 3 rings (SSSR count). The molecule has 1 fully saturated rings. The molecule has 0 aliphatic carbocycles. The molecule has 2 aromatic rings. The summed E-state index contributed by atoms with van der Waals surface area (Å²) >= 11 is 0. The Kier molecular flexibility index (Phi) is 6.14. The zero-order valence-corrected chi connectivity index (χ0v) is 17.1. The second kappa shape index (κ2) is 8.42. The maximum atomic E-state index is 13.9. The first-order valence-corrected chi connectivity index (χ1v) is 10.8. The molecule has 1 saturated heterocycles. The lowest BCUT2D eigenvalue weighted by atomic mass is 9.97. The van der Waals surface area contributed by atoms with Gasteiger partial charge in [0.25, 0.3) is 0 Å². The number of hydrogen-bond donors (Lipinski definition) is 1. The number of nitrogens with one attached hydrogen (secondary N) is 1. The first-order valence-electron chi connectivity index (χ1n) is 9.36. The maximum Gasteiger partial charge on any atom is 0.243 e. The molecule has 1 aliphatic heterocycles. The monoisotopic (exact) mass is 418 g/mol. The van der Waals surface area contributed by atoms with E-state index in [1.165, 1.54) is 47.6 Å². The van der Waals surface area contributed by atoms with Gasteiger partial charge in [0.1, 0.15) is 5.82 Å². The average molecular weight is 418 g/mol. The summed E-state index contributed by atoms with van der Waals surface area (Å²) in [5, 5.41) is 2.60. The van der Waals surface area contributed by atoms with Crippen molar-refractivity contribution in [1.82, 2.24) is 4.31 Å². The largest absolute Gasteiger partial charge is 0.323 e. The lowest BCUT2D eigenvalue weighted by molar-refractivity contribution is -0.120. The molecule has 0 saturated carbocycles. The van der Waals surface area contributed by atoms with Crippen molar-refractivity contribution >= 4 is 27.4 Å². The minimum Gasteiger partial charge on any atom is -0.323 e. The number of anilines is 1. The molecule has 154 valence electrons. The molecular weight excluding hydrogens is 395 g/mol. The molecule has 2 aromatic carbocycles. The van der Waals surface area contributed by atoms with E-state index in [4.69, 9.17) is 0 Å². The summed E-state index contributed by atoms with van der Waals surface area (Å²) in [6, 6.07) is 10.4. The van der Waals surface area contributed by atoms with E-state index < -0.39 is 15.8 Å². The van der Waals surface area contributed by atoms with Gasteiger partial charge in [-0.15, -0.1) is 0 Å². The molecule has 0 bridgehead atoms. The van der Waals surface area contributed by atoms with E-state index >= 15 is 0 Å². The summed E-state index contributed by atoms with van der Waals surface area (Å²) in [4.78, 5) is 23.9. The molecule has 1 aliphatic rings. The zero-order chi connectivity index (χ0) is 21.2. The van der Waals surface area contributed by atoms with E-state index in [0.29, 0.717) is 18.4 Å². The number of aryl methyl sites for hydroxylation is 1. The standard InChI is InChI=1S/C21H23FN2O4S/c1-14-3-8-20(19(22)13-14)23-21(26)17-9-11-24(12-10-17)29(27,28)18-6-4-16(5-7-18)15(2)25/h3-8,13,17H,9-12H2,1-2H3,(H,23,26). The van der Waals surface area contributed by atoms with Crippen LogP contribution in [0.1, 0.15) is 35.7 Å². The molecule has 1 N–H and O–H groups in total. The molecule has 1 heterocycles. The fourth-order valence-corrected chi connectivity index (χ4v) is 4.80. The van der Waals surface area contributed by atoms with Crippen LogP contribution in [0.5, 0.6) is 0 Å². The van der Waals surface area contributed by atoms with Crippen LogP contribution in [0.2, 0.25) is 0 Å². The Morgan fingerprint density at radius 2 is 1.69 bits per heavy atom. The Hall–Kier alpha value is -2.58. The number of Topliss-reactive ketones (excluding diaryl/α,β-unsaturated/α-hetero) is 1. The van der Waals surface area contributed by atoms with E-state index in [1.807, 2.05) is 0 Å². The number of halogens is 1. The quantitative estimate of drug-likeness (QED) is 0.755. The Balaban J connectivity index is 1.63. The highest BCUT2D eigenvalue weighted by molar-refractivity contribution is 7.89. The predicted octanol–water partition coefficient (Wildman–Crippen LogP) is 3.38. The van der Waals surface area contributed by atoms with Crippen molar-refractivity contribution in [2.45, 2.75) is 31.6 Å². The van der Waals surface area contributed by atoms with Crippen LogP contribution in [0.3, 0.4) is 0 Å². The van der Waals surface area contributed by atoms with E-state index in [2.05, 4.69) is 5.32 Å². The van der Waals surface area contributed by atoms with Gasteiger partial charge in [-0.3, -0.25) is 9.59 Å². The van der Waals surface area contributed by atoms with Gasteiger partial charge in [0, 0.05) is 24.6 Å². The lowest BCUT2D eigenvalue weighted by Crippen LogP contribution is -2.41. The molecule has 0 unspecified atom stereocenters. The molecular formula is C21H23FN2O4S. The molecule has 0 atom stereocenters. The second-order valence-corrected chi connectivity index (χ2v) is 9.17. The number of hydrogen-bond acceptors (Lipinski definition) is 4. The summed E-state index contributed by atoms with van der Waals surface area (Å²) < 4.78 is 40.9. The molecule has 0 aromatic heterocycles. The highest BCUT2D eigenvalue weighted by atomic mass is 32.2. The fraction of sp³-hybridized carbons (Fsp3) is 0.333. The number of carbonyl (C=O) groups is 2. The normalized spacial score (nSPS) is 15.8. The van der Waals surface area contributed by atoms with Crippen molar-refractivity contribution in [2.24, 2.45) is 5.92 Å². The number of piperidine rings is 1. The minimum atomic E-state index is -3.69. The summed E-state index contributed by atoms with van der Waals surface area (Å²) in [6.45, 7) is 3.58. The highest BCUT2D eigenvalue weighted by Gasteiger charge is 2.32. The fourth-order valence-electron chi connectivity index (χ4n) is 3.33. The molecule has 6 nitrogen and oxygen atoms in total. The molecule has 0 radical (unpaired) electrons. The van der Waals surface area contributed by atoms with Gasteiger partial charge in [-0.05, 0) is 56.5 Å². The van der Waals surface area contributed by atoms with Crippen molar-refractivity contribution in [1.29, 1.82) is 0 Å². The van der Waals surface area contributed by atoms with E-state index in [0.717, 1.165) is 5.56 Å². The highest BCUT2D eigenvalue weighted by Crippen LogP contribution is 2.26. The number of ketones is 1. The SMILES string of the molecule is CC(=O)c1ccc(S(=O)(=O)N2CCC(C(=O)Nc3ccc(C)cc3F)CC2)cc1. The van der Waals surface area contributed by atoms with Crippen molar-refractivity contribution in [3.63, 3.8) is 0 Å². The van der Waals surface area contributed by atoms with Crippen LogP contribution < -0.4 is 5.32 Å². The predicted molar refractivity (Wildman–Crippen MR) is 108 cm³/mol. The van der Waals surface area contributed by atoms with Crippen molar-refractivity contribution in [3.05, 3.63) is 59.4 Å². The van der Waals surface area contributed by atoms with Gasteiger partial charge < -0.3 is 5.32 Å². The molecule has 8 heteroatoms. The first-order chi connectivity index (χ1) is 13.7. The van der Waals surface area contributed by atoms with Gasteiger partial charge in [0.15, 0.2) is 5.78 Å². The van der Waals surface area contributed by atoms with Gasteiger partial charge in [-0.2, -0.15) is 4.31 Å².